The third-order valence-electron chi connectivity index (χ3n) is 3.88. The minimum Gasteiger partial charge on any atom is -0.467 e. The van der Waals surface area contributed by atoms with Crippen LogP contribution in [-0.4, -0.2) is 30.4 Å². The Labute approximate surface area is 124 Å². The Hall–Kier alpha value is -2.07. The number of furan rings is 1. The van der Waals surface area contributed by atoms with Crippen LogP contribution in [0.1, 0.15) is 30.2 Å². The molecule has 1 unspecified atom stereocenters. The van der Waals surface area contributed by atoms with Gasteiger partial charge < -0.3 is 9.32 Å². The molecule has 0 saturated carbocycles. The van der Waals surface area contributed by atoms with Gasteiger partial charge in [-0.25, -0.2) is 0 Å². The molecule has 1 saturated heterocycles. The van der Waals surface area contributed by atoms with E-state index >= 15 is 0 Å². The van der Waals surface area contributed by atoms with Crippen molar-refractivity contribution in [3.05, 3.63) is 60.1 Å². The van der Waals surface area contributed by atoms with Crippen molar-refractivity contribution in [3.8, 4) is 0 Å². The molecule has 0 bridgehead atoms. The Bertz CT molecular complexity index is 560. The molecule has 1 aromatic heterocycles. The van der Waals surface area contributed by atoms with E-state index < -0.39 is 0 Å². The van der Waals surface area contributed by atoms with Gasteiger partial charge in [-0.15, -0.1) is 0 Å². The molecular weight excluding hydrogens is 264 g/mol. The standard InChI is InChI=1S/C17H20N2O2/c20-16(19-10-4-5-11-19)13-18-17(15-9-6-12-21-15)14-7-2-1-3-8-14/h1-3,6-9,12,17-18H,4-5,10-11,13H2. The molecule has 4 heteroatoms. The fraction of sp³-hybridized carbons (Fsp3) is 0.353. The lowest BCUT2D eigenvalue weighted by Crippen LogP contribution is -2.37. The van der Waals surface area contributed by atoms with Crippen molar-refractivity contribution in [1.82, 2.24) is 10.2 Å². The average Bonchev–Trinajstić information content (AvgIpc) is 3.22. The summed E-state index contributed by atoms with van der Waals surface area (Å²) in [6.07, 6.45) is 3.90. The second-order valence-corrected chi connectivity index (χ2v) is 5.33. The van der Waals surface area contributed by atoms with E-state index in [1.807, 2.05) is 47.4 Å². The van der Waals surface area contributed by atoms with Crippen molar-refractivity contribution in [3.63, 3.8) is 0 Å². The number of carbonyl (C=O) groups excluding carboxylic acids is 1. The molecule has 4 nitrogen and oxygen atoms in total. The van der Waals surface area contributed by atoms with Crippen molar-refractivity contribution in [1.29, 1.82) is 0 Å². The molecule has 2 aromatic rings. The van der Waals surface area contributed by atoms with E-state index in [-0.39, 0.29) is 11.9 Å². The smallest absolute Gasteiger partial charge is 0.236 e. The Morgan fingerprint density at radius 1 is 1.14 bits per heavy atom. The zero-order chi connectivity index (χ0) is 14.5. The summed E-state index contributed by atoms with van der Waals surface area (Å²) in [6.45, 7) is 2.11. The Balaban J connectivity index is 1.70. The summed E-state index contributed by atoms with van der Waals surface area (Å²) in [5.74, 6) is 0.996. The highest BCUT2D eigenvalue weighted by Crippen LogP contribution is 2.22. The largest absolute Gasteiger partial charge is 0.467 e. The molecule has 0 radical (unpaired) electrons. The molecule has 21 heavy (non-hydrogen) atoms. The zero-order valence-corrected chi connectivity index (χ0v) is 12.0. The van der Waals surface area contributed by atoms with Crippen LogP contribution in [0.3, 0.4) is 0 Å². The Kier molecular flexibility index (Phi) is 4.36. The van der Waals surface area contributed by atoms with Gasteiger partial charge in [0, 0.05) is 13.1 Å². The van der Waals surface area contributed by atoms with Gasteiger partial charge in [0.05, 0.1) is 18.8 Å². The predicted molar refractivity (Wildman–Crippen MR) is 80.8 cm³/mol. The van der Waals surface area contributed by atoms with Gasteiger partial charge in [-0.1, -0.05) is 30.3 Å². The van der Waals surface area contributed by atoms with Crippen LogP contribution < -0.4 is 5.32 Å². The highest BCUT2D eigenvalue weighted by atomic mass is 16.3. The first-order valence-electron chi connectivity index (χ1n) is 7.44. The lowest BCUT2D eigenvalue weighted by atomic mass is 10.0. The number of nitrogens with one attached hydrogen (secondary N) is 1. The van der Waals surface area contributed by atoms with E-state index in [9.17, 15) is 4.79 Å². The maximum Gasteiger partial charge on any atom is 0.236 e. The van der Waals surface area contributed by atoms with E-state index in [1.54, 1.807) is 6.26 Å². The van der Waals surface area contributed by atoms with E-state index in [0.717, 1.165) is 37.3 Å². The van der Waals surface area contributed by atoms with E-state index in [4.69, 9.17) is 4.42 Å². The number of hydrogen-bond donors (Lipinski definition) is 1. The van der Waals surface area contributed by atoms with Crippen LogP contribution in [0.5, 0.6) is 0 Å². The summed E-state index contributed by atoms with van der Waals surface area (Å²) < 4.78 is 5.52. The minimum absolute atomic E-state index is 0.0900. The molecule has 2 heterocycles. The van der Waals surface area contributed by atoms with Crippen LogP contribution in [-0.2, 0) is 4.79 Å². The summed E-state index contributed by atoms with van der Waals surface area (Å²) in [7, 11) is 0. The monoisotopic (exact) mass is 284 g/mol. The number of hydrogen-bond acceptors (Lipinski definition) is 3. The third-order valence-corrected chi connectivity index (χ3v) is 3.88. The second-order valence-electron chi connectivity index (χ2n) is 5.33. The van der Waals surface area contributed by atoms with Crippen LogP contribution in [0.2, 0.25) is 0 Å². The molecule has 110 valence electrons. The molecule has 1 amide bonds. The van der Waals surface area contributed by atoms with Gasteiger partial charge in [0.25, 0.3) is 0 Å². The molecular formula is C17H20N2O2. The number of nitrogens with zero attached hydrogens (tertiary/aromatic N) is 1. The summed E-state index contributed by atoms with van der Waals surface area (Å²) in [4.78, 5) is 14.1. The molecule has 3 rings (SSSR count). The first-order valence-corrected chi connectivity index (χ1v) is 7.44. The first kappa shape index (κ1) is 13.9. The topological polar surface area (TPSA) is 45.5 Å². The molecule has 1 fully saturated rings. The van der Waals surface area contributed by atoms with Crippen molar-refractivity contribution in [2.75, 3.05) is 19.6 Å². The maximum atomic E-state index is 12.2. The quantitative estimate of drug-likeness (QED) is 0.918. The van der Waals surface area contributed by atoms with Crippen LogP contribution in [0, 0.1) is 0 Å². The number of rotatable bonds is 5. The third kappa shape index (κ3) is 3.34. The summed E-state index contributed by atoms with van der Waals surface area (Å²) in [5.41, 5.74) is 1.10. The van der Waals surface area contributed by atoms with E-state index in [2.05, 4.69) is 5.32 Å². The summed E-state index contributed by atoms with van der Waals surface area (Å²) >= 11 is 0. The van der Waals surface area contributed by atoms with Gasteiger partial charge in [0.15, 0.2) is 0 Å². The molecule has 1 aromatic carbocycles. The molecule has 1 aliphatic rings. The van der Waals surface area contributed by atoms with E-state index in [0.29, 0.717) is 6.54 Å². The SMILES string of the molecule is O=C(CNC(c1ccccc1)c1ccco1)N1CCCC1. The van der Waals surface area contributed by atoms with Gasteiger partial charge >= 0.3 is 0 Å². The fourth-order valence-electron chi connectivity index (χ4n) is 2.75. The van der Waals surface area contributed by atoms with Gasteiger partial charge in [0.1, 0.15) is 5.76 Å². The van der Waals surface area contributed by atoms with Crippen LogP contribution in [0.4, 0.5) is 0 Å². The van der Waals surface area contributed by atoms with Gasteiger partial charge in [-0.2, -0.15) is 0 Å². The molecule has 0 spiro atoms. The number of benzene rings is 1. The Morgan fingerprint density at radius 2 is 1.90 bits per heavy atom. The molecule has 1 aliphatic heterocycles. The highest BCUT2D eigenvalue weighted by Gasteiger charge is 2.21. The second kappa shape index (κ2) is 6.59. The van der Waals surface area contributed by atoms with Gasteiger partial charge in [0.2, 0.25) is 5.91 Å². The lowest BCUT2D eigenvalue weighted by Gasteiger charge is -2.20. The summed E-state index contributed by atoms with van der Waals surface area (Å²) in [5, 5.41) is 3.33. The van der Waals surface area contributed by atoms with Crippen molar-refractivity contribution >= 4 is 5.91 Å². The normalized spacial score (nSPS) is 16.1. The van der Waals surface area contributed by atoms with Crippen LogP contribution >= 0.6 is 0 Å². The zero-order valence-electron chi connectivity index (χ0n) is 12.0. The van der Waals surface area contributed by atoms with Crippen LogP contribution in [0.25, 0.3) is 0 Å². The van der Waals surface area contributed by atoms with Crippen molar-refractivity contribution in [2.24, 2.45) is 0 Å². The first-order chi connectivity index (χ1) is 10.3. The highest BCUT2D eigenvalue weighted by molar-refractivity contribution is 5.78. The van der Waals surface area contributed by atoms with Gasteiger partial charge in [-0.05, 0) is 30.5 Å². The lowest BCUT2D eigenvalue weighted by molar-refractivity contribution is -0.129. The maximum absolute atomic E-state index is 12.2. The number of amides is 1. The molecule has 1 atom stereocenters. The Morgan fingerprint density at radius 3 is 2.57 bits per heavy atom. The molecule has 0 aliphatic carbocycles. The fourth-order valence-corrected chi connectivity index (χ4v) is 2.75. The number of likely N-dealkylation sites (tertiary alicyclic amines) is 1. The minimum atomic E-state index is -0.0900. The van der Waals surface area contributed by atoms with Crippen molar-refractivity contribution < 1.29 is 9.21 Å². The predicted octanol–water partition coefficient (Wildman–Crippen LogP) is 2.58. The van der Waals surface area contributed by atoms with Crippen LogP contribution in [0.15, 0.2) is 53.1 Å². The molecule has 1 N–H and O–H groups in total. The summed E-state index contributed by atoms with van der Waals surface area (Å²) in [6, 6.07) is 13.8. The van der Waals surface area contributed by atoms with E-state index in [1.165, 1.54) is 0 Å². The van der Waals surface area contributed by atoms with Crippen molar-refractivity contribution in [2.45, 2.75) is 18.9 Å². The average molecular weight is 284 g/mol. The van der Waals surface area contributed by atoms with Gasteiger partial charge in [-0.3, -0.25) is 10.1 Å². The number of carbonyl (C=O) groups is 1.